The minimum absolute atomic E-state index is 0.0361. The minimum Gasteiger partial charge on any atom is -0.465 e. The van der Waals surface area contributed by atoms with Crippen LogP contribution < -0.4 is 4.72 Å². The summed E-state index contributed by atoms with van der Waals surface area (Å²) in [6, 6.07) is 11.6. The van der Waals surface area contributed by atoms with Gasteiger partial charge in [0.05, 0.1) is 17.6 Å². The molecule has 0 aliphatic heterocycles. The van der Waals surface area contributed by atoms with Gasteiger partial charge in [0.2, 0.25) is 10.0 Å². The van der Waals surface area contributed by atoms with E-state index in [1.54, 1.807) is 19.9 Å². The summed E-state index contributed by atoms with van der Waals surface area (Å²) in [4.78, 5) is 11.8. The van der Waals surface area contributed by atoms with Gasteiger partial charge in [0, 0.05) is 6.04 Å². The number of ether oxygens (including phenoxy) is 1. The van der Waals surface area contributed by atoms with Gasteiger partial charge in [-0.1, -0.05) is 30.3 Å². The molecule has 0 saturated heterocycles. The fourth-order valence-corrected chi connectivity index (χ4v) is 3.78. The molecule has 0 aliphatic rings. The number of carbonyl (C=O) groups is 1. The Bertz CT molecular complexity index is 859. The quantitative estimate of drug-likeness (QED) is 0.844. The second kappa shape index (κ2) is 7.15. The SMILES string of the molecule is COC(=O)c1cc(S(=O)(=O)N[C@H](C)c2ccccc2C)ccc1C. The predicted molar refractivity (Wildman–Crippen MR) is 92.4 cm³/mol. The van der Waals surface area contributed by atoms with Crippen LogP contribution in [-0.2, 0) is 14.8 Å². The van der Waals surface area contributed by atoms with Crippen LogP contribution in [0.1, 0.15) is 40.0 Å². The Kier molecular flexibility index (Phi) is 5.41. The van der Waals surface area contributed by atoms with Gasteiger partial charge in [0.15, 0.2) is 0 Å². The molecule has 0 fully saturated rings. The topological polar surface area (TPSA) is 72.5 Å². The molecule has 24 heavy (non-hydrogen) atoms. The van der Waals surface area contributed by atoms with Crippen molar-refractivity contribution in [3.63, 3.8) is 0 Å². The summed E-state index contributed by atoms with van der Waals surface area (Å²) in [7, 11) is -2.50. The lowest BCUT2D eigenvalue weighted by molar-refractivity contribution is 0.0599. The van der Waals surface area contributed by atoms with E-state index in [2.05, 4.69) is 4.72 Å². The van der Waals surface area contributed by atoms with Gasteiger partial charge in [-0.3, -0.25) is 0 Å². The lowest BCUT2D eigenvalue weighted by Gasteiger charge is -2.17. The third-order valence-electron chi connectivity index (χ3n) is 3.91. The van der Waals surface area contributed by atoms with Gasteiger partial charge in [-0.25, -0.2) is 17.9 Å². The third kappa shape index (κ3) is 3.83. The first-order valence-corrected chi connectivity index (χ1v) is 9.01. The van der Waals surface area contributed by atoms with E-state index >= 15 is 0 Å². The van der Waals surface area contributed by atoms with Crippen LogP contribution in [0, 0.1) is 13.8 Å². The number of methoxy groups -OCH3 is 1. The molecule has 0 saturated carbocycles. The van der Waals surface area contributed by atoms with Crippen molar-refractivity contribution in [2.24, 2.45) is 0 Å². The van der Waals surface area contributed by atoms with E-state index in [0.717, 1.165) is 11.1 Å². The second-order valence-corrected chi connectivity index (χ2v) is 7.38. The first kappa shape index (κ1) is 18.2. The zero-order chi connectivity index (χ0) is 17.9. The number of benzene rings is 2. The summed E-state index contributed by atoms with van der Waals surface area (Å²) < 4.78 is 32.6. The Morgan fingerprint density at radius 1 is 1.08 bits per heavy atom. The maximum Gasteiger partial charge on any atom is 0.338 e. The summed E-state index contributed by atoms with van der Waals surface area (Å²) in [5.74, 6) is -0.559. The average molecular weight is 347 g/mol. The van der Waals surface area contributed by atoms with Crippen molar-refractivity contribution < 1.29 is 17.9 Å². The second-order valence-electron chi connectivity index (χ2n) is 5.67. The fraction of sp³-hybridized carbons (Fsp3) is 0.278. The lowest BCUT2D eigenvalue weighted by Crippen LogP contribution is -2.27. The number of carbonyl (C=O) groups excluding carboxylic acids is 1. The summed E-state index contributed by atoms with van der Waals surface area (Å²) in [6.07, 6.45) is 0. The zero-order valence-electron chi connectivity index (χ0n) is 14.2. The number of hydrogen-bond acceptors (Lipinski definition) is 4. The molecule has 0 radical (unpaired) electrons. The molecule has 1 N–H and O–H groups in total. The maximum absolute atomic E-state index is 12.6. The van der Waals surface area contributed by atoms with Crippen LogP contribution in [0.25, 0.3) is 0 Å². The Hall–Kier alpha value is -2.18. The number of nitrogens with one attached hydrogen (secondary N) is 1. The van der Waals surface area contributed by atoms with Crippen LogP contribution in [-0.4, -0.2) is 21.5 Å². The molecular weight excluding hydrogens is 326 g/mol. The van der Waals surface area contributed by atoms with E-state index in [1.165, 1.54) is 19.2 Å². The molecule has 2 aromatic rings. The van der Waals surface area contributed by atoms with Crippen LogP contribution in [0.15, 0.2) is 47.4 Å². The standard InChI is InChI=1S/C18H21NO4S/c1-12-7-5-6-8-16(12)14(3)19-24(21,22)15-10-9-13(2)17(11-15)18(20)23-4/h5-11,14,19H,1-4H3/t14-/m1/s1. The number of rotatable bonds is 5. The van der Waals surface area contributed by atoms with Crippen molar-refractivity contribution >= 4 is 16.0 Å². The Morgan fingerprint density at radius 3 is 2.38 bits per heavy atom. The average Bonchev–Trinajstić information content (AvgIpc) is 2.54. The molecular formula is C18H21NO4S. The first-order chi connectivity index (χ1) is 11.3. The van der Waals surface area contributed by atoms with Gasteiger partial charge in [-0.15, -0.1) is 0 Å². The van der Waals surface area contributed by atoms with Crippen LogP contribution in [0.5, 0.6) is 0 Å². The lowest BCUT2D eigenvalue weighted by atomic mass is 10.0. The molecule has 0 unspecified atom stereocenters. The highest BCUT2D eigenvalue weighted by molar-refractivity contribution is 7.89. The van der Waals surface area contributed by atoms with Crippen LogP contribution in [0.3, 0.4) is 0 Å². The van der Waals surface area contributed by atoms with Crippen LogP contribution in [0.4, 0.5) is 0 Å². The predicted octanol–water partition coefficient (Wildman–Crippen LogP) is 3.13. The number of esters is 1. The Labute approximate surface area is 142 Å². The van der Waals surface area contributed by atoms with Crippen LogP contribution >= 0.6 is 0 Å². The molecule has 2 rings (SSSR count). The van der Waals surface area contributed by atoms with Gasteiger partial charge < -0.3 is 4.74 Å². The molecule has 6 heteroatoms. The number of sulfonamides is 1. The smallest absolute Gasteiger partial charge is 0.338 e. The molecule has 2 aromatic carbocycles. The highest BCUT2D eigenvalue weighted by Gasteiger charge is 2.21. The third-order valence-corrected chi connectivity index (χ3v) is 5.45. The van der Waals surface area contributed by atoms with E-state index in [4.69, 9.17) is 4.74 Å². The molecule has 0 heterocycles. The summed E-state index contributed by atoms with van der Waals surface area (Å²) in [5.41, 5.74) is 2.81. The monoisotopic (exact) mass is 347 g/mol. The molecule has 0 aromatic heterocycles. The molecule has 0 spiro atoms. The van der Waals surface area contributed by atoms with Gasteiger partial charge in [-0.2, -0.15) is 0 Å². The summed E-state index contributed by atoms with van der Waals surface area (Å²) in [5, 5.41) is 0. The van der Waals surface area contributed by atoms with Gasteiger partial charge in [0.1, 0.15) is 0 Å². The van der Waals surface area contributed by atoms with Crippen molar-refractivity contribution in [2.45, 2.75) is 31.7 Å². The first-order valence-electron chi connectivity index (χ1n) is 7.53. The fourth-order valence-electron chi connectivity index (χ4n) is 2.54. The largest absolute Gasteiger partial charge is 0.465 e. The normalized spacial score (nSPS) is 12.7. The number of hydrogen-bond donors (Lipinski definition) is 1. The van der Waals surface area contributed by atoms with E-state index in [0.29, 0.717) is 5.56 Å². The van der Waals surface area contributed by atoms with E-state index < -0.39 is 16.0 Å². The number of aryl methyl sites for hydroxylation is 2. The molecule has 0 bridgehead atoms. The molecule has 0 amide bonds. The van der Waals surface area contributed by atoms with E-state index in [9.17, 15) is 13.2 Å². The van der Waals surface area contributed by atoms with Crippen molar-refractivity contribution in [3.05, 3.63) is 64.7 Å². The minimum atomic E-state index is -3.76. The van der Waals surface area contributed by atoms with Crippen LogP contribution in [0.2, 0.25) is 0 Å². The summed E-state index contributed by atoms with van der Waals surface area (Å²) >= 11 is 0. The molecule has 128 valence electrons. The van der Waals surface area contributed by atoms with Crippen molar-refractivity contribution in [2.75, 3.05) is 7.11 Å². The molecule has 5 nitrogen and oxygen atoms in total. The molecule has 0 aliphatic carbocycles. The van der Waals surface area contributed by atoms with Gasteiger partial charge in [0.25, 0.3) is 0 Å². The Balaban J connectivity index is 2.34. The highest BCUT2D eigenvalue weighted by atomic mass is 32.2. The molecule has 1 atom stereocenters. The van der Waals surface area contributed by atoms with Crippen molar-refractivity contribution in [1.82, 2.24) is 4.72 Å². The van der Waals surface area contributed by atoms with Crippen molar-refractivity contribution in [3.8, 4) is 0 Å². The summed E-state index contributed by atoms with van der Waals surface area (Å²) in [6.45, 7) is 5.45. The van der Waals surface area contributed by atoms with Gasteiger partial charge in [-0.05, 0) is 49.6 Å². The van der Waals surface area contributed by atoms with Crippen molar-refractivity contribution in [1.29, 1.82) is 0 Å². The van der Waals surface area contributed by atoms with E-state index in [-0.39, 0.29) is 16.5 Å². The van der Waals surface area contributed by atoms with Gasteiger partial charge >= 0.3 is 5.97 Å². The zero-order valence-corrected chi connectivity index (χ0v) is 15.0. The maximum atomic E-state index is 12.6. The van der Waals surface area contributed by atoms with E-state index in [1.807, 2.05) is 31.2 Å². The Morgan fingerprint density at radius 2 is 1.75 bits per heavy atom. The highest BCUT2D eigenvalue weighted by Crippen LogP contribution is 2.21.